The molecule has 0 spiro atoms. The number of benzene rings is 3. The smallest absolute Gasteiger partial charge is 0.255 e. The van der Waals surface area contributed by atoms with E-state index < -0.39 is 0 Å². The van der Waals surface area contributed by atoms with Gasteiger partial charge in [0.15, 0.2) is 0 Å². The Kier molecular flexibility index (Phi) is 6.29. The van der Waals surface area contributed by atoms with Gasteiger partial charge in [0.2, 0.25) is 0 Å². The van der Waals surface area contributed by atoms with Gasteiger partial charge >= 0.3 is 0 Å². The average Bonchev–Trinajstić information content (AvgIpc) is 2.69. The lowest BCUT2D eigenvalue weighted by molar-refractivity contribution is 0.102. The van der Waals surface area contributed by atoms with E-state index in [4.69, 9.17) is 4.74 Å². The number of carbonyl (C=O) groups excluding carboxylic acids is 2. The van der Waals surface area contributed by atoms with Gasteiger partial charge in [0.05, 0.1) is 6.61 Å². The fourth-order valence-corrected chi connectivity index (χ4v) is 3.06. The van der Waals surface area contributed by atoms with Gasteiger partial charge in [-0.05, 0) is 86.5 Å². The van der Waals surface area contributed by atoms with Crippen molar-refractivity contribution >= 4 is 23.2 Å². The summed E-state index contributed by atoms with van der Waals surface area (Å²) < 4.78 is 5.40. The van der Waals surface area contributed by atoms with Crippen LogP contribution in [0.15, 0.2) is 66.7 Å². The van der Waals surface area contributed by atoms with Gasteiger partial charge in [-0.15, -0.1) is 0 Å². The molecular weight excluding hydrogens is 364 g/mol. The highest BCUT2D eigenvalue weighted by Gasteiger charge is 2.12. The Bertz CT molecular complexity index is 1010. The maximum atomic E-state index is 12.6. The molecule has 0 aliphatic heterocycles. The van der Waals surface area contributed by atoms with E-state index in [1.165, 1.54) is 0 Å². The molecule has 0 saturated heterocycles. The second-order valence-corrected chi connectivity index (χ2v) is 6.82. The Morgan fingerprint density at radius 3 is 1.86 bits per heavy atom. The number of anilines is 2. The van der Waals surface area contributed by atoms with Crippen molar-refractivity contribution in [3.63, 3.8) is 0 Å². The molecule has 0 bridgehead atoms. The molecule has 0 unspecified atom stereocenters. The molecule has 0 fully saturated rings. The zero-order chi connectivity index (χ0) is 20.8. The van der Waals surface area contributed by atoms with Crippen LogP contribution in [0.3, 0.4) is 0 Å². The van der Waals surface area contributed by atoms with Gasteiger partial charge in [0.1, 0.15) is 5.75 Å². The number of ether oxygens (including phenoxy) is 1. The fraction of sp³-hybridized carbons (Fsp3) is 0.167. The van der Waals surface area contributed by atoms with Gasteiger partial charge in [-0.2, -0.15) is 0 Å². The van der Waals surface area contributed by atoms with E-state index in [0.29, 0.717) is 23.4 Å². The van der Waals surface area contributed by atoms with Crippen LogP contribution in [0.25, 0.3) is 0 Å². The van der Waals surface area contributed by atoms with Gasteiger partial charge in [0.25, 0.3) is 11.8 Å². The molecule has 29 heavy (non-hydrogen) atoms. The minimum absolute atomic E-state index is 0.259. The van der Waals surface area contributed by atoms with Crippen molar-refractivity contribution in [2.45, 2.75) is 20.8 Å². The van der Waals surface area contributed by atoms with Crippen LogP contribution in [0.2, 0.25) is 0 Å². The number of amides is 2. The number of nitrogens with one attached hydrogen (secondary N) is 2. The van der Waals surface area contributed by atoms with Gasteiger partial charge < -0.3 is 15.4 Å². The standard InChI is InChI=1S/C24H24N2O3/c1-4-29-22-10-8-20(9-11-22)25-23(27)18-6-5-7-19(15-18)24(28)26-21-13-16(2)12-17(3)14-21/h5-15H,4H2,1-3H3,(H,25,27)(H,26,28). The third kappa shape index (κ3) is 5.45. The van der Waals surface area contributed by atoms with E-state index in [1.54, 1.807) is 48.5 Å². The van der Waals surface area contributed by atoms with E-state index in [0.717, 1.165) is 22.6 Å². The van der Waals surface area contributed by atoms with Crippen molar-refractivity contribution in [3.8, 4) is 5.75 Å². The summed E-state index contributed by atoms with van der Waals surface area (Å²) in [4.78, 5) is 25.2. The van der Waals surface area contributed by atoms with E-state index >= 15 is 0 Å². The highest BCUT2D eigenvalue weighted by Crippen LogP contribution is 2.18. The van der Waals surface area contributed by atoms with Crippen LogP contribution >= 0.6 is 0 Å². The lowest BCUT2D eigenvalue weighted by atomic mass is 10.1. The number of hydrogen-bond donors (Lipinski definition) is 2. The molecule has 0 saturated carbocycles. The van der Waals surface area contributed by atoms with Crippen LogP contribution in [0.4, 0.5) is 11.4 Å². The van der Waals surface area contributed by atoms with E-state index in [1.807, 2.05) is 39.0 Å². The van der Waals surface area contributed by atoms with Crippen molar-refractivity contribution in [2.24, 2.45) is 0 Å². The van der Waals surface area contributed by atoms with Crippen LogP contribution < -0.4 is 15.4 Å². The highest BCUT2D eigenvalue weighted by atomic mass is 16.5. The summed E-state index contributed by atoms with van der Waals surface area (Å²) in [5, 5.41) is 5.72. The second kappa shape index (κ2) is 9.06. The van der Waals surface area contributed by atoms with Gasteiger partial charge in [-0.1, -0.05) is 12.1 Å². The molecule has 5 heteroatoms. The Balaban J connectivity index is 1.70. The Hall–Kier alpha value is -3.60. The predicted octanol–water partition coefficient (Wildman–Crippen LogP) is 5.21. The average molecular weight is 388 g/mol. The first kappa shape index (κ1) is 20.1. The van der Waals surface area contributed by atoms with Crippen molar-refractivity contribution in [2.75, 3.05) is 17.2 Å². The minimum atomic E-state index is -0.282. The Labute approximate surface area is 170 Å². The molecule has 148 valence electrons. The summed E-state index contributed by atoms with van der Waals surface area (Å²) in [7, 11) is 0. The highest BCUT2D eigenvalue weighted by molar-refractivity contribution is 6.08. The molecule has 3 aromatic rings. The third-order valence-corrected chi connectivity index (χ3v) is 4.29. The first-order valence-corrected chi connectivity index (χ1v) is 9.48. The molecule has 3 aromatic carbocycles. The SMILES string of the molecule is CCOc1ccc(NC(=O)c2cccc(C(=O)Nc3cc(C)cc(C)c3)c2)cc1. The van der Waals surface area contributed by atoms with Gasteiger partial charge in [0, 0.05) is 22.5 Å². The third-order valence-electron chi connectivity index (χ3n) is 4.29. The van der Waals surface area contributed by atoms with E-state index in [9.17, 15) is 9.59 Å². The normalized spacial score (nSPS) is 10.3. The molecule has 0 radical (unpaired) electrons. The summed E-state index contributed by atoms with van der Waals surface area (Å²) in [5.41, 5.74) is 4.36. The first-order valence-electron chi connectivity index (χ1n) is 9.48. The van der Waals surface area contributed by atoms with Crippen LogP contribution in [0.5, 0.6) is 5.75 Å². The number of rotatable bonds is 6. The molecule has 0 aliphatic carbocycles. The molecule has 3 rings (SSSR count). The second-order valence-electron chi connectivity index (χ2n) is 6.82. The summed E-state index contributed by atoms with van der Waals surface area (Å²) in [6.07, 6.45) is 0. The maximum Gasteiger partial charge on any atom is 0.255 e. The largest absolute Gasteiger partial charge is 0.494 e. The quantitative estimate of drug-likeness (QED) is 0.609. The van der Waals surface area contributed by atoms with Crippen molar-refractivity contribution in [1.82, 2.24) is 0 Å². The first-order chi connectivity index (χ1) is 13.9. The summed E-state index contributed by atoms with van der Waals surface area (Å²) in [6, 6.07) is 19.7. The lowest BCUT2D eigenvalue weighted by Crippen LogP contribution is -2.15. The number of aryl methyl sites for hydroxylation is 2. The van der Waals surface area contributed by atoms with Crippen LogP contribution in [-0.2, 0) is 0 Å². The summed E-state index contributed by atoms with van der Waals surface area (Å²) >= 11 is 0. The Morgan fingerprint density at radius 2 is 1.31 bits per heavy atom. The molecule has 2 amide bonds. The monoisotopic (exact) mass is 388 g/mol. The molecule has 0 aliphatic rings. The van der Waals surface area contributed by atoms with Gasteiger partial charge in [-0.3, -0.25) is 9.59 Å². The Morgan fingerprint density at radius 1 is 0.759 bits per heavy atom. The number of hydrogen-bond acceptors (Lipinski definition) is 3. The summed E-state index contributed by atoms with van der Waals surface area (Å²) in [6.45, 7) is 6.46. The zero-order valence-electron chi connectivity index (χ0n) is 16.8. The predicted molar refractivity (Wildman–Crippen MR) is 116 cm³/mol. The van der Waals surface area contributed by atoms with E-state index in [2.05, 4.69) is 10.6 Å². The van der Waals surface area contributed by atoms with Crippen LogP contribution in [0.1, 0.15) is 38.8 Å². The van der Waals surface area contributed by atoms with Crippen LogP contribution in [0, 0.1) is 13.8 Å². The lowest BCUT2D eigenvalue weighted by Gasteiger charge is -2.10. The van der Waals surface area contributed by atoms with Crippen molar-refractivity contribution < 1.29 is 14.3 Å². The molecule has 0 aromatic heterocycles. The van der Waals surface area contributed by atoms with Gasteiger partial charge in [-0.25, -0.2) is 0 Å². The fourth-order valence-electron chi connectivity index (χ4n) is 3.06. The molecule has 5 nitrogen and oxygen atoms in total. The van der Waals surface area contributed by atoms with Crippen LogP contribution in [-0.4, -0.2) is 18.4 Å². The molecule has 2 N–H and O–H groups in total. The minimum Gasteiger partial charge on any atom is -0.494 e. The summed E-state index contributed by atoms with van der Waals surface area (Å²) in [5.74, 6) is 0.205. The molecular formula is C24H24N2O3. The molecule has 0 heterocycles. The van der Waals surface area contributed by atoms with E-state index in [-0.39, 0.29) is 11.8 Å². The molecule has 0 atom stereocenters. The van der Waals surface area contributed by atoms with Crippen molar-refractivity contribution in [3.05, 3.63) is 89.0 Å². The zero-order valence-corrected chi connectivity index (χ0v) is 16.8. The van der Waals surface area contributed by atoms with Crippen molar-refractivity contribution in [1.29, 1.82) is 0 Å². The number of carbonyl (C=O) groups is 2. The topological polar surface area (TPSA) is 67.4 Å². The maximum absolute atomic E-state index is 12.6.